The SMILES string of the molecule is CCCCNC(=S)N1CCN(C(C)(C)C)CC1. The van der Waals surface area contributed by atoms with Crippen LogP contribution in [0.3, 0.4) is 0 Å². The Balaban J connectivity index is 2.29. The van der Waals surface area contributed by atoms with Gasteiger partial charge >= 0.3 is 0 Å². The van der Waals surface area contributed by atoms with Crippen LogP contribution >= 0.6 is 12.2 Å². The van der Waals surface area contributed by atoms with Gasteiger partial charge in [0.2, 0.25) is 0 Å². The van der Waals surface area contributed by atoms with Crippen LogP contribution < -0.4 is 5.32 Å². The fourth-order valence-corrected chi connectivity index (χ4v) is 2.35. The molecule has 1 saturated heterocycles. The summed E-state index contributed by atoms with van der Waals surface area (Å²) in [6, 6.07) is 0. The maximum absolute atomic E-state index is 5.42. The molecule has 1 aliphatic heterocycles. The van der Waals surface area contributed by atoms with Gasteiger partial charge in [-0.3, -0.25) is 4.90 Å². The summed E-state index contributed by atoms with van der Waals surface area (Å²) in [5.74, 6) is 0. The normalized spacial score (nSPS) is 18.2. The lowest BCUT2D eigenvalue weighted by Gasteiger charge is -2.43. The van der Waals surface area contributed by atoms with Crippen molar-refractivity contribution in [1.29, 1.82) is 0 Å². The van der Waals surface area contributed by atoms with E-state index < -0.39 is 0 Å². The predicted molar refractivity (Wildman–Crippen MR) is 78.4 cm³/mol. The Morgan fingerprint density at radius 2 is 1.76 bits per heavy atom. The van der Waals surface area contributed by atoms with Gasteiger partial charge in [0.25, 0.3) is 0 Å². The highest BCUT2D eigenvalue weighted by Crippen LogP contribution is 2.15. The van der Waals surface area contributed by atoms with Crippen molar-refractivity contribution in [2.75, 3.05) is 32.7 Å². The van der Waals surface area contributed by atoms with Crippen molar-refractivity contribution >= 4 is 17.3 Å². The average Bonchev–Trinajstić information content (AvgIpc) is 2.28. The standard InChI is InChI=1S/C13H27N3S/c1-5-6-7-14-12(17)15-8-10-16(11-9-15)13(2,3)4/h5-11H2,1-4H3,(H,14,17). The third kappa shape index (κ3) is 4.80. The van der Waals surface area contributed by atoms with Crippen LogP contribution in [0.1, 0.15) is 40.5 Å². The van der Waals surface area contributed by atoms with E-state index in [4.69, 9.17) is 12.2 Å². The van der Waals surface area contributed by atoms with Gasteiger partial charge in [0, 0.05) is 38.3 Å². The molecule has 0 bridgehead atoms. The smallest absolute Gasteiger partial charge is 0.169 e. The van der Waals surface area contributed by atoms with Gasteiger partial charge in [-0.2, -0.15) is 0 Å². The predicted octanol–water partition coefficient (Wildman–Crippen LogP) is 2.08. The van der Waals surface area contributed by atoms with Crippen LogP contribution in [-0.4, -0.2) is 53.2 Å². The van der Waals surface area contributed by atoms with Crippen LogP contribution in [0.15, 0.2) is 0 Å². The zero-order valence-electron chi connectivity index (χ0n) is 11.8. The zero-order chi connectivity index (χ0) is 12.9. The first-order valence-electron chi connectivity index (χ1n) is 6.73. The van der Waals surface area contributed by atoms with Crippen LogP contribution in [0, 0.1) is 0 Å². The maximum Gasteiger partial charge on any atom is 0.169 e. The van der Waals surface area contributed by atoms with E-state index in [1.807, 2.05) is 0 Å². The monoisotopic (exact) mass is 257 g/mol. The molecule has 17 heavy (non-hydrogen) atoms. The lowest BCUT2D eigenvalue weighted by atomic mass is 10.1. The molecular weight excluding hydrogens is 230 g/mol. The first-order valence-corrected chi connectivity index (χ1v) is 7.14. The summed E-state index contributed by atoms with van der Waals surface area (Å²) in [6.45, 7) is 14.4. The molecular formula is C13H27N3S. The number of hydrogen-bond donors (Lipinski definition) is 1. The minimum absolute atomic E-state index is 0.281. The second kappa shape index (κ2) is 6.55. The number of hydrogen-bond acceptors (Lipinski definition) is 2. The lowest BCUT2D eigenvalue weighted by molar-refractivity contribution is 0.0880. The Kier molecular flexibility index (Phi) is 5.67. The quantitative estimate of drug-likeness (QED) is 0.616. The number of piperazine rings is 1. The van der Waals surface area contributed by atoms with Crippen LogP contribution in [-0.2, 0) is 0 Å². The van der Waals surface area contributed by atoms with Gasteiger partial charge in [0.1, 0.15) is 0 Å². The van der Waals surface area contributed by atoms with Crippen molar-refractivity contribution in [3.8, 4) is 0 Å². The highest BCUT2D eigenvalue weighted by atomic mass is 32.1. The summed E-state index contributed by atoms with van der Waals surface area (Å²) in [4.78, 5) is 4.82. The van der Waals surface area contributed by atoms with Gasteiger partial charge in [0.15, 0.2) is 5.11 Å². The second-order valence-electron chi connectivity index (χ2n) is 5.73. The fourth-order valence-electron chi connectivity index (χ4n) is 2.06. The van der Waals surface area contributed by atoms with Gasteiger partial charge in [-0.05, 0) is 39.4 Å². The van der Waals surface area contributed by atoms with Crippen LogP contribution in [0.2, 0.25) is 0 Å². The van der Waals surface area contributed by atoms with Crippen molar-refractivity contribution in [1.82, 2.24) is 15.1 Å². The van der Waals surface area contributed by atoms with Gasteiger partial charge in [-0.1, -0.05) is 13.3 Å². The molecule has 0 aliphatic carbocycles. The molecule has 0 amide bonds. The van der Waals surface area contributed by atoms with Crippen molar-refractivity contribution in [3.63, 3.8) is 0 Å². The number of nitrogens with one attached hydrogen (secondary N) is 1. The molecule has 100 valence electrons. The number of nitrogens with zero attached hydrogens (tertiary/aromatic N) is 2. The zero-order valence-corrected chi connectivity index (χ0v) is 12.6. The minimum Gasteiger partial charge on any atom is -0.363 e. The van der Waals surface area contributed by atoms with Crippen LogP contribution in [0.25, 0.3) is 0 Å². The third-order valence-corrected chi connectivity index (χ3v) is 3.72. The number of thiocarbonyl (C=S) groups is 1. The summed E-state index contributed by atoms with van der Waals surface area (Å²) in [5, 5.41) is 4.28. The highest BCUT2D eigenvalue weighted by molar-refractivity contribution is 7.80. The maximum atomic E-state index is 5.42. The van der Waals surface area contributed by atoms with Crippen LogP contribution in [0.5, 0.6) is 0 Å². The van der Waals surface area contributed by atoms with Crippen molar-refractivity contribution in [2.24, 2.45) is 0 Å². The third-order valence-electron chi connectivity index (χ3n) is 3.32. The van der Waals surface area contributed by atoms with Gasteiger partial charge in [-0.15, -0.1) is 0 Å². The lowest BCUT2D eigenvalue weighted by Crippen LogP contribution is -2.56. The largest absolute Gasteiger partial charge is 0.363 e. The van der Waals surface area contributed by atoms with Gasteiger partial charge < -0.3 is 10.2 Å². The Labute approximate surface area is 112 Å². The first-order chi connectivity index (χ1) is 7.95. The van der Waals surface area contributed by atoms with E-state index in [9.17, 15) is 0 Å². The molecule has 1 heterocycles. The Hall–Kier alpha value is -0.350. The summed E-state index contributed by atoms with van der Waals surface area (Å²) in [6.07, 6.45) is 2.41. The average molecular weight is 257 g/mol. The molecule has 0 saturated carbocycles. The van der Waals surface area contributed by atoms with E-state index >= 15 is 0 Å². The molecule has 0 atom stereocenters. The summed E-state index contributed by atoms with van der Waals surface area (Å²) in [5.41, 5.74) is 0.281. The second-order valence-corrected chi connectivity index (χ2v) is 6.12. The van der Waals surface area contributed by atoms with Gasteiger partial charge in [0.05, 0.1) is 0 Å². The minimum atomic E-state index is 0.281. The van der Waals surface area contributed by atoms with Crippen molar-refractivity contribution in [2.45, 2.75) is 46.1 Å². The van der Waals surface area contributed by atoms with E-state index in [-0.39, 0.29) is 5.54 Å². The molecule has 4 heteroatoms. The van der Waals surface area contributed by atoms with E-state index in [2.05, 4.69) is 42.8 Å². The molecule has 1 aliphatic rings. The highest BCUT2D eigenvalue weighted by Gasteiger charge is 2.26. The number of rotatable bonds is 3. The molecule has 0 unspecified atom stereocenters. The van der Waals surface area contributed by atoms with E-state index in [1.165, 1.54) is 12.8 Å². The summed E-state index contributed by atoms with van der Waals surface area (Å²) >= 11 is 5.42. The molecule has 0 aromatic carbocycles. The van der Waals surface area contributed by atoms with Crippen molar-refractivity contribution < 1.29 is 0 Å². The van der Waals surface area contributed by atoms with E-state index in [0.717, 1.165) is 37.8 Å². The topological polar surface area (TPSA) is 18.5 Å². The fraction of sp³-hybridized carbons (Fsp3) is 0.923. The van der Waals surface area contributed by atoms with E-state index in [1.54, 1.807) is 0 Å². The molecule has 1 rings (SSSR count). The molecule has 0 aromatic heterocycles. The molecule has 0 spiro atoms. The first kappa shape index (κ1) is 14.7. The molecule has 1 fully saturated rings. The molecule has 0 aromatic rings. The molecule has 0 radical (unpaired) electrons. The number of unbranched alkanes of at least 4 members (excludes halogenated alkanes) is 1. The van der Waals surface area contributed by atoms with Crippen LogP contribution in [0.4, 0.5) is 0 Å². The van der Waals surface area contributed by atoms with Gasteiger partial charge in [-0.25, -0.2) is 0 Å². The Bertz CT molecular complexity index is 240. The summed E-state index contributed by atoms with van der Waals surface area (Å²) < 4.78 is 0. The summed E-state index contributed by atoms with van der Waals surface area (Å²) in [7, 11) is 0. The Morgan fingerprint density at radius 1 is 1.18 bits per heavy atom. The Morgan fingerprint density at radius 3 is 2.24 bits per heavy atom. The molecule has 1 N–H and O–H groups in total. The van der Waals surface area contributed by atoms with Crippen molar-refractivity contribution in [3.05, 3.63) is 0 Å². The molecule has 3 nitrogen and oxygen atoms in total. The van der Waals surface area contributed by atoms with E-state index in [0.29, 0.717) is 0 Å².